The van der Waals surface area contributed by atoms with Gasteiger partial charge in [0.2, 0.25) is 0 Å². The lowest BCUT2D eigenvalue weighted by molar-refractivity contribution is -0.149. The summed E-state index contributed by atoms with van der Waals surface area (Å²) in [6, 6.07) is 5.93. The summed E-state index contributed by atoms with van der Waals surface area (Å²) in [5.41, 5.74) is 2.23. The summed E-state index contributed by atoms with van der Waals surface area (Å²) in [7, 11) is 0. The molecule has 0 aromatic carbocycles. The molecule has 3 aromatic heterocycles. The molecule has 0 aliphatic carbocycles. The summed E-state index contributed by atoms with van der Waals surface area (Å²) in [5, 5.41) is 9.54. The highest BCUT2D eigenvalue weighted by atomic mass is 32.1. The fourth-order valence-electron chi connectivity index (χ4n) is 3.84. The van der Waals surface area contributed by atoms with Gasteiger partial charge in [-0.25, -0.2) is 9.78 Å². The van der Waals surface area contributed by atoms with Gasteiger partial charge in [-0.3, -0.25) is 9.20 Å². The molecule has 4 rings (SSSR count). The van der Waals surface area contributed by atoms with E-state index in [1.807, 2.05) is 30.5 Å². The number of carbonyl (C=O) groups is 2. The number of fused-ring (bicyclic) bond motifs is 1. The molecule has 1 aliphatic rings. The summed E-state index contributed by atoms with van der Waals surface area (Å²) in [4.78, 5) is 33.2. The average molecular weight is 474 g/mol. The largest absolute Gasteiger partial charge is 0.481 e. The van der Waals surface area contributed by atoms with Gasteiger partial charge in [0.05, 0.1) is 40.0 Å². The highest BCUT2D eigenvalue weighted by Crippen LogP contribution is 2.36. The minimum Gasteiger partial charge on any atom is -0.481 e. The quantitative estimate of drug-likeness (QED) is 0.464. The molecule has 0 radical (unpaired) electrons. The van der Waals surface area contributed by atoms with Crippen LogP contribution >= 0.6 is 11.3 Å². The Morgan fingerprint density at radius 1 is 1.24 bits per heavy atom. The minimum atomic E-state index is -0.760. The van der Waals surface area contributed by atoms with Crippen LogP contribution < -0.4 is 4.90 Å². The van der Waals surface area contributed by atoms with Crippen molar-refractivity contribution in [1.82, 2.24) is 9.38 Å². The predicted molar refractivity (Wildman–Crippen MR) is 134 cm³/mol. The molecule has 0 amide bonds. The van der Waals surface area contributed by atoms with Crippen molar-refractivity contribution in [2.75, 3.05) is 24.6 Å². The maximum absolute atomic E-state index is 12.5. The van der Waals surface area contributed by atoms with Crippen LogP contribution in [0.5, 0.6) is 0 Å². The maximum atomic E-state index is 12.5. The summed E-state index contributed by atoms with van der Waals surface area (Å²) < 4.78 is 7.19. The van der Waals surface area contributed by atoms with Crippen molar-refractivity contribution in [3.05, 3.63) is 41.0 Å². The zero-order valence-corrected chi connectivity index (χ0v) is 20.2. The van der Waals surface area contributed by atoms with E-state index in [-0.39, 0.29) is 13.4 Å². The minimum absolute atomic E-state index is 0. The van der Waals surface area contributed by atoms with Gasteiger partial charge >= 0.3 is 11.9 Å². The molecule has 0 spiro atoms. The molecular formula is C25H35N3O4S. The Labute approximate surface area is 200 Å². The number of nitrogens with zero attached hydrogens (tertiary/aromatic N) is 3. The zero-order valence-electron chi connectivity index (χ0n) is 19.3. The lowest BCUT2D eigenvalue weighted by Crippen LogP contribution is -2.43. The number of carboxylic acids is 1. The van der Waals surface area contributed by atoms with E-state index in [1.54, 1.807) is 31.4 Å². The first-order valence-corrected chi connectivity index (χ1v) is 11.9. The van der Waals surface area contributed by atoms with Crippen molar-refractivity contribution in [2.24, 2.45) is 5.41 Å². The van der Waals surface area contributed by atoms with E-state index in [0.717, 1.165) is 21.9 Å². The van der Waals surface area contributed by atoms with Crippen LogP contribution in [0.15, 0.2) is 30.6 Å². The SMILES string of the molecule is C.CC.CCOC(=O)c1cc(N2CCC(C)(C(=O)O)CC2)c2ncc(-c3ccc(C)s3)n2c1. The summed E-state index contributed by atoms with van der Waals surface area (Å²) in [6.07, 6.45) is 4.68. The molecule has 0 unspecified atom stereocenters. The number of aryl methyl sites for hydroxylation is 1. The van der Waals surface area contributed by atoms with Crippen LogP contribution in [-0.2, 0) is 9.53 Å². The highest BCUT2D eigenvalue weighted by molar-refractivity contribution is 7.15. The molecule has 0 saturated carbocycles. The van der Waals surface area contributed by atoms with Gasteiger partial charge in [-0.2, -0.15) is 0 Å². The Hall–Kier alpha value is -2.87. The van der Waals surface area contributed by atoms with Crippen molar-refractivity contribution in [3.8, 4) is 10.6 Å². The van der Waals surface area contributed by atoms with Gasteiger partial charge in [-0.1, -0.05) is 21.3 Å². The van der Waals surface area contributed by atoms with Crippen LogP contribution in [0.25, 0.3) is 16.2 Å². The molecule has 1 N–H and O–H groups in total. The summed E-state index contributed by atoms with van der Waals surface area (Å²) >= 11 is 1.67. The third-order valence-corrected chi connectivity index (χ3v) is 6.84. The smallest absolute Gasteiger partial charge is 0.339 e. The van der Waals surface area contributed by atoms with E-state index >= 15 is 0 Å². The Morgan fingerprint density at radius 2 is 1.91 bits per heavy atom. The molecule has 33 heavy (non-hydrogen) atoms. The second-order valence-corrected chi connectivity index (χ2v) is 9.22. The van der Waals surface area contributed by atoms with E-state index in [1.165, 1.54) is 4.88 Å². The number of carbonyl (C=O) groups excluding carboxylic acids is 1. The number of anilines is 1. The molecule has 4 heterocycles. The van der Waals surface area contributed by atoms with Crippen LogP contribution in [-0.4, -0.2) is 46.1 Å². The fourth-order valence-corrected chi connectivity index (χ4v) is 4.71. The fraction of sp³-hybridized carbons (Fsp3) is 0.480. The highest BCUT2D eigenvalue weighted by Gasteiger charge is 2.37. The molecule has 180 valence electrons. The molecule has 0 atom stereocenters. The zero-order chi connectivity index (χ0) is 23.5. The summed E-state index contributed by atoms with van der Waals surface area (Å²) in [6.45, 7) is 11.1. The van der Waals surface area contributed by atoms with Gasteiger partial charge in [-0.15, -0.1) is 11.3 Å². The Balaban J connectivity index is 0.00000125. The third-order valence-electron chi connectivity index (χ3n) is 5.81. The second-order valence-electron chi connectivity index (χ2n) is 7.93. The topological polar surface area (TPSA) is 84.1 Å². The normalized spacial score (nSPS) is 14.8. The van der Waals surface area contributed by atoms with E-state index in [2.05, 4.69) is 28.9 Å². The predicted octanol–water partition coefficient (Wildman–Crippen LogP) is 5.90. The first-order chi connectivity index (χ1) is 15.3. The van der Waals surface area contributed by atoms with Crippen molar-refractivity contribution in [3.63, 3.8) is 0 Å². The molecule has 8 heteroatoms. The number of esters is 1. The number of pyridine rings is 1. The summed E-state index contributed by atoms with van der Waals surface area (Å²) in [5.74, 6) is -1.14. The lowest BCUT2D eigenvalue weighted by Gasteiger charge is -2.37. The number of imidazole rings is 1. The number of carboxylic acid groups (broad SMARTS) is 1. The standard InChI is InChI=1S/C22H25N3O4S.C2H6.CH4/c1-4-29-20(26)15-11-16(24-9-7-22(3,8-10-24)21(27)28)19-23-12-17(25(19)13-15)18-6-5-14(2)30-18;1-2;/h5-6,11-13H,4,7-10H2,1-3H3,(H,27,28);1-2H3;1H4. The van der Waals surface area contributed by atoms with Crippen LogP contribution in [0.1, 0.15) is 63.2 Å². The lowest BCUT2D eigenvalue weighted by atomic mass is 9.80. The number of hydrogen-bond donors (Lipinski definition) is 1. The Bertz CT molecular complexity index is 1110. The van der Waals surface area contributed by atoms with Crippen LogP contribution in [0.4, 0.5) is 5.69 Å². The first kappa shape index (κ1) is 26.4. The van der Waals surface area contributed by atoms with Crippen LogP contribution in [0.2, 0.25) is 0 Å². The molecule has 7 nitrogen and oxygen atoms in total. The number of piperidine rings is 1. The van der Waals surface area contributed by atoms with Crippen molar-refractivity contribution in [2.45, 2.75) is 54.9 Å². The number of aromatic nitrogens is 2. The molecule has 1 fully saturated rings. The van der Waals surface area contributed by atoms with Crippen LogP contribution in [0, 0.1) is 12.3 Å². The van der Waals surface area contributed by atoms with E-state index < -0.39 is 11.4 Å². The first-order valence-electron chi connectivity index (χ1n) is 11.1. The van der Waals surface area contributed by atoms with E-state index in [9.17, 15) is 14.7 Å². The number of ether oxygens (including phenoxy) is 1. The van der Waals surface area contributed by atoms with Gasteiger partial charge in [0.25, 0.3) is 0 Å². The number of rotatable bonds is 5. The number of hydrogen-bond acceptors (Lipinski definition) is 6. The van der Waals surface area contributed by atoms with E-state index in [4.69, 9.17) is 4.74 Å². The van der Waals surface area contributed by atoms with Gasteiger partial charge < -0.3 is 14.7 Å². The monoisotopic (exact) mass is 473 g/mol. The van der Waals surface area contributed by atoms with Crippen LogP contribution in [0.3, 0.4) is 0 Å². The van der Waals surface area contributed by atoms with E-state index in [0.29, 0.717) is 38.1 Å². The van der Waals surface area contributed by atoms with Gasteiger partial charge in [-0.05, 0) is 51.8 Å². The number of thiophene rings is 1. The molecular weight excluding hydrogens is 438 g/mol. The molecule has 1 aliphatic heterocycles. The van der Waals surface area contributed by atoms with Gasteiger partial charge in [0.15, 0.2) is 5.65 Å². The maximum Gasteiger partial charge on any atom is 0.339 e. The van der Waals surface area contributed by atoms with Crippen molar-refractivity contribution < 1.29 is 19.4 Å². The third kappa shape index (κ3) is 5.21. The second kappa shape index (κ2) is 10.8. The van der Waals surface area contributed by atoms with Gasteiger partial charge in [0, 0.05) is 24.2 Å². The van der Waals surface area contributed by atoms with Gasteiger partial charge in [0.1, 0.15) is 0 Å². The Morgan fingerprint density at radius 3 is 2.45 bits per heavy atom. The molecule has 1 saturated heterocycles. The average Bonchev–Trinajstić information content (AvgIpc) is 3.41. The number of aliphatic carboxylic acids is 1. The molecule has 0 bridgehead atoms. The van der Waals surface area contributed by atoms with Crippen molar-refractivity contribution in [1.29, 1.82) is 0 Å². The Kier molecular flexibility index (Phi) is 8.66. The molecule has 3 aromatic rings. The van der Waals surface area contributed by atoms with Crippen molar-refractivity contribution >= 4 is 34.6 Å².